The molecule has 21 heavy (non-hydrogen) atoms. The SMILES string of the molecule is CCSCc1ccc(C(=O)NCc2cc(C)oc2C)cc1. The first-order valence-corrected chi connectivity index (χ1v) is 8.26. The van der Waals surface area contributed by atoms with Crippen molar-refractivity contribution in [3.8, 4) is 0 Å². The van der Waals surface area contributed by atoms with Gasteiger partial charge in [0.2, 0.25) is 0 Å². The summed E-state index contributed by atoms with van der Waals surface area (Å²) in [5, 5.41) is 2.93. The Morgan fingerprint density at radius 3 is 2.52 bits per heavy atom. The molecule has 1 heterocycles. The first kappa shape index (κ1) is 15.7. The summed E-state index contributed by atoms with van der Waals surface area (Å²) >= 11 is 1.88. The molecule has 0 unspecified atom stereocenters. The number of rotatable bonds is 6. The first-order valence-electron chi connectivity index (χ1n) is 7.11. The molecule has 0 aliphatic rings. The molecule has 1 amide bonds. The van der Waals surface area contributed by atoms with Crippen LogP contribution in [0.4, 0.5) is 0 Å². The number of hydrogen-bond acceptors (Lipinski definition) is 3. The van der Waals surface area contributed by atoms with Crippen molar-refractivity contribution in [3.63, 3.8) is 0 Å². The zero-order valence-corrected chi connectivity index (χ0v) is 13.5. The Morgan fingerprint density at radius 1 is 1.24 bits per heavy atom. The standard InChI is InChI=1S/C17H21NO2S/c1-4-21-11-14-5-7-15(8-6-14)17(19)18-10-16-9-12(2)20-13(16)3/h5-9H,4,10-11H2,1-3H3,(H,18,19). The third kappa shape index (κ3) is 4.39. The van der Waals surface area contributed by atoms with Crippen molar-refractivity contribution in [2.45, 2.75) is 33.1 Å². The van der Waals surface area contributed by atoms with Crippen LogP contribution in [0.25, 0.3) is 0 Å². The van der Waals surface area contributed by atoms with Crippen molar-refractivity contribution in [3.05, 3.63) is 58.5 Å². The number of aryl methyl sites for hydroxylation is 2. The largest absolute Gasteiger partial charge is 0.466 e. The monoisotopic (exact) mass is 303 g/mol. The van der Waals surface area contributed by atoms with Crippen LogP contribution in [0, 0.1) is 13.8 Å². The molecule has 0 bridgehead atoms. The highest BCUT2D eigenvalue weighted by atomic mass is 32.2. The molecule has 2 aromatic rings. The number of amides is 1. The number of benzene rings is 1. The molecule has 1 aromatic carbocycles. The number of furan rings is 1. The van der Waals surface area contributed by atoms with Gasteiger partial charge in [0.1, 0.15) is 11.5 Å². The van der Waals surface area contributed by atoms with Crippen molar-refractivity contribution in [1.29, 1.82) is 0 Å². The van der Waals surface area contributed by atoms with Crippen LogP contribution in [0.15, 0.2) is 34.7 Å². The molecule has 0 saturated heterocycles. The zero-order chi connectivity index (χ0) is 15.2. The van der Waals surface area contributed by atoms with E-state index in [0.29, 0.717) is 12.1 Å². The molecule has 4 heteroatoms. The lowest BCUT2D eigenvalue weighted by Gasteiger charge is -2.06. The number of carbonyl (C=O) groups excluding carboxylic acids is 1. The summed E-state index contributed by atoms with van der Waals surface area (Å²) in [6.07, 6.45) is 0. The van der Waals surface area contributed by atoms with Gasteiger partial charge in [-0.1, -0.05) is 19.1 Å². The van der Waals surface area contributed by atoms with E-state index in [1.54, 1.807) is 0 Å². The van der Waals surface area contributed by atoms with Gasteiger partial charge in [0.15, 0.2) is 0 Å². The summed E-state index contributed by atoms with van der Waals surface area (Å²) in [7, 11) is 0. The Hall–Kier alpha value is -1.68. The Morgan fingerprint density at radius 2 is 1.95 bits per heavy atom. The summed E-state index contributed by atoms with van der Waals surface area (Å²) in [6, 6.07) is 9.76. The number of hydrogen-bond donors (Lipinski definition) is 1. The fourth-order valence-corrected chi connectivity index (χ4v) is 2.74. The van der Waals surface area contributed by atoms with E-state index >= 15 is 0 Å². The first-order chi connectivity index (χ1) is 10.1. The summed E-state index contributed by atoms with van der Waals surface area (Å²) in [5.74, 6) is 3.77. The van der Waals surface area contributed by atoms with Crippen LogP contribution in [0.3, 0.4) is 0 Å². The van der Waals surface area contributed by atoms with Gasteiger partial charge in [0, 0.05) is 23.4 Å². The van der Waals surface area contributed by atoms with Crippen molar-refractivity contribution in [1.82, 2.24) is 5.32 Å². The molecule has 0 saturated carbocycles. The molecule has 0 spiro atoms. The number of nitrogens with one attached hydrogen (secondary N) is 1. The van der Waals surface area contributed by atoms with E-state index in [-0.39, 0.29) is 5.91 Å². The van der Waals surface area contributed by atoms with Gasteiger partial charge in [-0.25, -0.2) is 0 Å². The highest BCUT2D eigenvalue weighted by Gasteiger charge is 2.08. The number of thioether (sulfide) groups is 1. The van der Waals surface area contributed by atoms with Gasteiger partial charge in [0.25, 0.3) is 5.91 Å². The second-order valence-corrected chi connectivity index (χ2v) is 6.23. The molecule has 1 N–H and O–H groups in total. The number of carbonyl (C=O) groups is 1. The average molecular weight is 303 g/mol. The molecule has 112 valence electrons. The molecule has 0 atom stereocenters. The van der Waals surface area contributed by atoms with Gasteiger partial charge >= 0.3 is 0 Å². The predicted octanol–water partition coefficient (Wildman–Crippen LogP) is 4.08. The van der Waals surface area contributed by atoms with Gasteiger partial charge < -0.3 is 9.73 Å². The summed E-state index contributed by atoms with van der Waals surface area (Å²) in [4.78, 5) is 12.1. The van der Waals surface area contributed by atoms with Gasteiger partial charge in [-0.2, -0.15) is 11.8 Å². The van der Waals surface area contributed by atoms with Crippen molar-refractivity contribution in [2.75, 3.05) is 5.75 Å². The normalized spacial score (nSPS) is 10.6. The second kappa shape index (κ2) is 7.36. The van der Waals surface area contributed by atoms with E-state index in [1.165, 1.54) is 5.56 Å². The van der Waals surface area contributed by atoms with E-state index < -0.39 is 0 Å². The summed E-state index contributed by atoms with van der Waals surface area (Å²) in [6.45, 7) is 6.46. The van der Waals surface area contributed by atoms with Crippen LogP contribution in [-0.4, -0.2) is 11.7 Å². The van der Waals surface area contributed by atoms with Crippen molar-refractivity contribution < 1.29 is 9.21 Å². The van der Waals surface area contributed by atoms with Gasteiger partial charge in [0.05, 0.1) is 0 Å². The van der Waals surface area contributed by atoms with Gasteiger partial charge in [-0.15, -0.1) is 0 Å². The fraction of sp³-hybridized carbons (Fsp3) is 0.353. The topological polar surface area (TPSA) is 42.2 Å². The average Bonchev–Trinajstić information content (AvgIpc) is 2.81. The van der Waals surface area contributed by atoms with E-state index in [0.717, 1.165) is 28.6 Å². The van der Waals surface area contributed by atoms with Crippen LogP contribution in [0.2, 0.25) is 0 Å². The maximum atomic E-state index is 12.1. The lowest BCUT2D eigenvalue weighted by Crippen LogP contribution is -2.22. The molecule has 0 radical (unpaired) electrons. The van der Waals surface area contributed by atoms with Crippen LogP contribution in [-0.2, 0) is 12.3 Å². The molecular weight excluding hydrogens is 282 g/mol. The van der Waals surface area contributed by atoms with Crippen LogP contribution < -0.4 is 5.32 Å². The summed E-state index contributed by atoms with van der Waals surface area (Å²) < 4.78 is 5.45. The van der Waals surface area contributed by atoms with Gasteiger partial charge in [-0.05, 0) is 43.4 Å². The predicted molar refractivity (Wildman–Crippen MR) is 87.6 cm³/mol. The molecule has 0 aliphatic heterocycles. The van der Waals surface area contributed by atoms with E-state index in [2.05, 4.69) is 12.2 Å². The Bertz CT molecular complexity index is 602. The molecule has 2 rings (SSSR count). The van der Waals surface area contributed by atoms with E-state index in [4.69, 9.17) is 4.42 Å². The van der Waals surface area contributed by atoms with Gasteiger partial charge in [-0.3, -0.25) is 4.79 Å². The highest BCUT2D eigenvalue weighted by molar-refractivity contribution is 7.98. The van der Waals surface area contributed by atoms with Crippen LogP contribution in [0.1, 0.15) is 39.9 Å². The maximum absolute atomic E-state index is 12.1. The maximum Gasteiger partial charge on any atom is 0.251 e. The molecule has 1 aromatic heterocycles. The lowest BCUT2D eigenvalue weighted by atomic mass is 10.1. The molecule has 0 aliphatic carbocycles. The molecule has 0 fully saturated rings. The minimum atomic E-state index is -0.0528. The third-order valence-corrected chi connectivity index (χ3v) is 4.22. The molecule has 3 nitrogen and oxygen atoms in total. The fourth-order valence-electron chi connectivity index (χ4n) is 2.11. The Balaban J connectivity index is 1.92. The minimum Gasteiger partial charge on any atom is -0.466 e. The van der Waals surface area contributed by atoms with Crippen LogP contribution >= 0.6 is 11.8 Å². The van der Waals surface area contributed by atoms with Crippen molar-refractivity contribution >= 4 is 17.7 Å². The summed E-state index contributed by atoms with van der Waals surface area (Å²) in [5.41, 5.74) is 2.97. The Kier molecular flexibility index (Phi) is 5.51. The lowest BCUT2D eigenvalue weighted by molar-refractivity contribution is 0.0951. The zero-order valence-electron chi connectivity index (χ0n) is 12.7. The van der Waals surface area contributed by atoms with E-state index in [9.17, 15) is 4.79 Å². The van der Waals surface area contributed by atoms with E-state index in [1.807, 2.05) is 55.9 Å². The highest BCUT2D eigenvalue weighted by Crippen LogP contribution is 2.14. The Labute approximate surface area is 130 Å². The second-order valence-electron chi connectivity index (χ2n) is 4.96. The smallest absolute Gasteiger partial charge is 0.251 e. The molecular formula is C17H21NO2S. The third-order valence-electron chi connectivity index (χ3n) is 3.27. The van der Waals surface area contributed by atoms with Crippen molar-refractivity contribution in [2.24, 2.45) is 0 Å². The minimum absolute atomic E-state index is 0.0528. The quantitative estimate of drug-likeness (QED) is 0.874. The van der Waals surface area contributed by atoms with Crippen LogP contribution in [0.5, 0.6) is 0 Å².